The number of likely N-dealkylation sites (tertiary alicyclic amines) is 1. The van der Waals surface area contributed by atoms with E-state index in [-0.39, 0.29) is 5.91 Å². The van der Waals surface area contributed by atoms with Crippen molar-refractivity contribution in [3.8, 4) is 11.1 Å². The van der Waals surface area contributed by atoms with E-state index in [1.807, 2.05) is 30.3 Å². The topological polar surface area (TPSA) is 29.1 Å². The van der Waals surface area contributed by atoms with Crippen molar-refractivity contribution in [1.82, 2.24) is 0 Å². The molecule has 0 radical (unpaired) electrons. The Morgan fingerprint density at radius 3 is 2.34 bits per heavy atom. The predicted octanol–water partition coefficient (Wildman–Crippen LogP) is 6.44. The van der Waals surface area contributed by atoms with Crippen LogP contribution in [0.15, 0.2) is 78.9 Å². The van der Waals surface area contributed by atoms with Crippen LogP contribution in [-0.4, -0.2) is 30.5 Å². The zero-order chi connectivity index (χ0) is 22.4. The zero-order valence-electron chi connectivity index (χ0n) is 19.2. The lowest BCUT2D eigenvalue weighted by atomic mass is 10.0. The van der Waals surface area contributed by atoms with E-state index >= 15 is 0 Å². The van der Waals surface area contributed by atoms with Gasteiger partial charge in [-0.15, -0.1) is 0 Å². The molecule has 0 bridgehead atoms. The van der Waals surface area contributed by atoms with E-state index in [0.717, 1.165) is 27.8 Å². The summed E-state index contributed by atoms with van der Waals surface area (Å²) >= 11 is 0. The number of quaternary nitrogens is 1. The highest BCUT2D eigenvalue weighted by Gasteiger charge is 2.24. The summed E-state index contributed by atoms with van der Waals surface area (Å²) in [4.78, 5) is 12.4. The largest absolute Gasteiger partial charge is 0.323 e. The molecule has 0 atom stereocenters. The summed E-state index contributed by atoms with van der Waals surface area (Å²) in [5, 5.41) is 2.97. The maximum Gasteiger partial charge on any atom is 0.248 e. The number of benzene rings is 3. The second-order valence-electron chi connectivity index (χ2n) is 9.30. The second-order valence-corrected chi connectivity index (χ2v) is 9.30. The summed E-state index contributed by atoms with van der Waals surface area (Å²) in [6.07, 6.45) is 7.48. The molecule has 1 saturated heterocycles. The van der Waals surface area contributed by atoms with Gasteiger partial charge >= 0.3 is 0 Å². The van der Waals surface area contributed by atoms with Crippen molar-refractivity contribution in [2.75, 3.05) is 25.5 Å². The van der Waals surface area contributed by atoms with Crippen molar-refractivity contribution in [1.29, 1.82) is 0 Å². The van der Waals surface area contributed by atoms with Crippen LogP contribution in [0.2, 0.25) is 0 Å². The SMILES string of the molecule is Cc1ccc(-c2cccc(C=CC(=O)Nc3ccc(C[N+]4(C)CCCCC4)cc3)c2)cc1. The molecule has 0 unspecified atom stereocenters. The van der Waals surface area contributed by atoms with E-state index in [2.05, 4.69) is 67.8 Å². The van der Waals surface area contributed by atoms with Gasteiger partial charge in [0.15, 0.2) is 0 Å². The predicted molar refractivity (Wildman–Crippen MR) is 134 cm³/mol. The third-order valence-electron chi connectivity index (χ3n) is 6.38. The number of piperidine rings is 1. The first kappa shape index (κ1) is 22.0. The molecule has 32 heavy (non-hydrogen) atoms. The number of aryl methyl sites for hydroxylation is 1. The average molecular weight is 426 g/mol. The highest BCUT2D eigenvalue weighted by atomic mass is 16.1. The summed E-state index contributed by atoms with van der Waals surface area (Å²) in [7, 11) is 2.35. The zero-order valence-corrected chi connectivity index (χ0v) is 19.2. The Kier molecular flexibility index (Phi) is 6.87. The standard InChI is InChI=1S/C29H32N2O/c1-23-9-14-26(15-10-23)27-8-6-7-24(21-27)13-18-29(32)30-28-16-11-25(12-17-28)22-31(2)19-4-3-5-20-31/h6-18,21H,3-5,19-20,22H2,1-2H3/p+1. The van der Waals surface area contributed by atoms with Crippen LogP contribution in [0.4, 0.5) is 5.69 Å². The molecule has 1 aliphatic heterocycles. The number of carbonyl (C=O) groups is 1. The van der Waals surface area contributed by atoms with Crippen LogP contribution >= 0.6 is 0 Å². The molecule has 1 aliphatic rings. The molecule has 0 saturated carbocycles. The third-order valence-corrected chi connectivity index (χ3v) is 6.38. The Morgan fingerprint density at radius 1 is 0.906 bits per heavy atom. The molecule has 0 aromatic heterocycles. The highest BCUT2D eigenvalue weighted by Crippen LogP contribution is 2.22. The second kappa shape index (κ2) is 9.97. The van der Waals surface area contributed by atoms with E-state index in [1.54, 1.807) is 6.08 Å². The molecule has 164 valence electrons. The maximum absolute atomic E-state index is 12.4. The Bertz CT molecular complexity index is 1070. The molecule has 1 heterocycles. The number of amides is 1. The Labute approximate surface area is 192 Å². The Balaban J connectivity index is 1.35. The number of nitrogens with zero attached hydrogens (tertiary/aromatic N) is 1. The lowest BCUT2D eigenvalue weighted by Gasteiger charge is -2.37. The van der Waals surface area contributed by atoms with E-state index in [0.29, 0.717) is 0 Å². The fourth-order valence-electron chi connectivity index (χ4n) is 4.49. The van der Waals surface area contributed by atoms with Crippen LogP contribution in [0.3, 0.4) is 0 Å². The minimum absolute atomic E-state index is 0.117. The van der Waals surface area contributed by atoms with Crippen molar-refractivity contribution in [3.05, 3.63) is 95.6 Å². The van der Waals surface area contributed by atoms with Crippen molar-refractivity contribution in [3.63, 3.8) is 0 Å². The minimum Gasteiger partial charge on any atom is -0.323 e. The molecule has 0 aliphatic carbocycles. The lowest BCUT2D eigenvalue weighted by molar-refractivity contribution is -0.926. The van der Waals surface area contributed by atoms with Crippen LogP contribution in [-0.2, 0) is 11.3 Å². The fourth-order valence-corrected chi connectivity index (χ4v) is 4.49. The van der Waals surface area contributed by atoms with E-state index in [4.69, 9.17) is 0 Å². The number of anilines is 1. The fraction of sp³-hybridized carbons (Fsp3) is 0.276. The Morgan fingerprint density at radius 2 is 1.62 bits per heavy atom. The molecular weight excluding hydrogens is 392 g/mol. The van der Waals surface area contributed by atoms with Crippen molar-refractivity contribution in [2.24, 2.45) is 0 Å². The number of hydrogen-bond acceptors (Lipinski definition) is 1. The van der Waals surface area contributed by atoms with Crippen LogP contribution < -0.4 is 5.32 Å². The summed E-state index contributed by atoms with van der Waals surface area (Å²) < 4.78 is 1.12. The number of rotatable bonds is 6. The van der Waals surface area contributed by atoms with E-state index in [1.165, 1.54) is 49.0 Å². The number of hydrogen-bond donors (Lipinski definition) is 1. The molecule has 3 nitrogen and oxygen atoms in total. The number of carbonyl (C=O) groups excluding carboxylic acids is 1. The first-order valence-electron chi connectivity index (χ1n) is 11.6. The first-order valence-corrected chi connectivity index (χ1v) is 11.6. The number of nitrogens with one attached hydrogen (secondary N) is 1. The minimum atomic E-state index is -0.117. The van der Waals surface area contributed by atoms with Gasteiger partial charge < -0.3 is 9.80 Å². The summed E-state index contributed by atoms with van der Waals surface area (Å²) in [6, 6.07) is 25.0. The van der Waals surface area contributed by atoms with Crippen molar-refractivity contribution >= 4 is 17.7 Å². The molecule has 1 amide bonds. The molecule has 3 aromatic carbocycles. The average Bonchev–Trinajstić information content (AvgIpc) is 2.80. The quantitative estimate of drug-likeness (QED) is 0.357. The van der Waals surface area contributed by atoms with Crippen LogP contribution in [0.25, 0.3) is 17.2 Å². The van der Waals surface area contributed by atoms with Gasteiger partial charge in [0, 0.05) is 17.3 Å². The van der Waals surface area contributed by atoms with Gasteiger partial charge in [-0.3, -0.25) is 4.79 Å². The van der Waals surface area contributed by atoms with Crippen LogP contribution in [0.5, 0.6) is 0 Å². The van der Waals surface area contributed by atoms with Crippen molar-refractivity contribution in [2.45, 2.75) is 32.7 Å². The first-order chi connectivity index (χ1) is 15.5. The van der Waals surface area contributed by atoms with Gasteiger partial charge in [0.1, 0.15) is 6.54 Å². The molecule has 3 aromatic rings. The van der Waals surface area contributed by atoms with Crippen LogP contribution in [0, 0.1) is 6.92 Å². The summed E-state index contributed by atoms with van der Waals surface area (Å²) in [5.74, 6) is -0.117. The normalized spacial score (nSPS) is 15.6. The molecule has 4 rings (SSSR count). The highest BCUT2D eigenvalue weighted by molar-refractivity contribution is 6.02. The molecule has 0 spiro atoms. The van der Waals surface area contributed by atoms with Gasteiger partial charge in [-0.2, -0.15) is 0 Å². The van der Waals surface area contributed by atoms with Crippen LogP contribution in [0.1, 0.15) is 36.0 Å². The molecule has 3 heteroatoms. The van der Waals surface area contributed by atoms with Gasteiger partial charge in [-0.05, 0) is 67.2 Å². The van der Waals surface area contributed by atoms with Crippen molar-refractivity contribution < 1.29 is 9.28 Å². The lowest BCUT2D eigenvalue weighted by Crippen LogP contribution is -2.46. The molecular formula is C29H33N2O+. The van der Waals surface area contributed by atoms with E-state index < -0.39 is 0 Å². The van der Waals surface area contributed by atoms with Gasteiger partial charge in [-0.1, -0.05) is 60.2 Å². The molecule has 1 N–H and O–H groups in total. The smallest absolute Gasteiger partial charge is 0.248 e. The molecule has 1 fully saturated rings. The van der Waals surface area contributed by atoms with Gasteiger partial charge in [0.25, 0.3) is 0 Å². The van der Waals surface area contributed by atoms with E-state index in [9.17, 15) is 4.79 Å². The van der Waals surface area contributed by atoms with Gasteiger partial charge in [-0.25, -0.2) is 0 Å². The maximum atomic E-state index is 12.4. The summed E-state index contributed by atoms with van der Waals surface area (Å²) in [6.45, 7) is 5.67. The van der Waals surface area contributed by atoms with Gasteiger partial charge in [0.05, 0.1) is 20.1 Å². The Hall–Kier alpha value is -3.17. The monoisotopic (exact) mass is 425 g/mol. The van der Waals surface area contributed by atoms with Gasteiger partial charge in [0.2, 0.25) is 5.91 Å². The third kappa shape index (κ3) is 5.95. The summed E-state index contributed by atoms with van der Waals surface area (Å²) in [5.41, 5.74) is 6.74.